The predicted molar refractivity (Wildman–Crippen MR) is 121 cm³/mol. The van der Waals surface area contributed by atoms with Crippen molar-refractivity contribution in [3.8, 4) is 5.75 Å². The second-order valence-electron chi connectivity index (χ2n) is 8.98. The summed E-state index contributed by atoms with van der Waals surface area (Å²) in [6, 6.07) is 4.35. The van der Waals surface area contributed by atoms with Crippen LogP contribution < -0.4 is 4.74 Å². The number of ether oxygens (including phenoxy) is 1. The summed E-state index contributed by atoms with van der Waals surface area (Å²) < 4.78 is 82.2. The minimum atomic E-state index is -5.87. The van der Waals surface area contributed by atoms with Gasteiger partial charge in [-0.3, -0.25) is 4.79 Å². The first-order valence-corrected chi connectivity index (χ1v) is 12.2. The van der Waals surface area contributed by atoms with E-state index in [0.717, 1.165) is 17.7 Å². The summed E-state index contributed by atoms with van der Waals surface area (Å²) in [5.41, 5.74) is 0.853. The van der Waals surface area contributed by atoms with Gasteiger partial charge in [0.15, 0.2) is 0 Å². The molecule has 1 unspecified atom stereocenters. The lowest BCUT2D eigenvalue weighted by molar-refractivity contribution is -0.360. The van der Waals surface area contributed by atoms with Crippen LogP contribution in [0.25, 0.3) is 0 Å². The molecule has 1 aromatic carbocycles. The molecule has 0 bridgehead atoms. The van der Waals surface area contributed by atoms with Gasteiger partial charge < -0.3 is 9.64 Å². The summed E-state index contributed by atoms with van der Waals surface area (Å²) in [7, 11) is -1.18. The molecule has 1 aliphatic rings. The average molecular weight is 511 g/mol. The third-order valence-corrected chi connectivity index (χ3v) is 7.66. The Morgan fingerprint density at radius 3 is 2.35 bits per heavy atom. The van der Waals surface area contributed by atoms with Gasteiger partial charge in [0.2, 0.25) is 0 Å². The number of piperidine rings is 1. The van der Waals surface area contributed by atoms with Crippen LogP contribution in [0, 0.1) is 5.41 Å². The smallest absolute Gasteiger partial charge is 0.426 e. The SMILES string of the molecule is CCN(CC=C(C)C)S(=O)CC1(C)CCN(C(=O)c2cccc(OC(F)(F)C(F)(F)F)c2)CC1. The van der Waals surface area contributed by atoms with Gasteiger partial charge in [0.25, 0.3) is 5.91 Å². The van der Waals surface area contributed by atoms with Crippen molar-refractivity contribution in [2.24, 2.45) is 5.41 Å². The molecule has 1 atom stereocenters. The molecule has 0 radical (unpaired) electrons. The fraction of sp³-hybridized carbons (Fsp3) is 0.609. The van der Waals surface area contributed by atoms with E-state index in [1.165, 1.54) is 17.0 Å². The standard InChI is InChI=1S/C23H31F5N2O3S/c1-5-30(12-9-17(2)3)34(32)16-21(4)10-13-29(14-11-21)20(31)18-7-6-8-19(15-18)33-23(27,28)22(24,25)26/h6-9,15H,5,10-14,16H2,1-4H3. The van der Waals surface area contributed by atoms with Crippen LogP contribution in [-0.4, -0.2) is 63.5 Å². The molecule has 1 aliphatic heterocycles. The Morgan fingerprint density at radius 1 is 1.21 bits per heavy atom. The van der Waals surface area contributed by atoms with Crippen molar-refractivity contribution in [2.45, 2.75) is 52.8 Å². The highest BCUT2D eigenvalue weighted by atomic mass is 32.2. The van der Waals surface area contributed by atoms with E-state index in [1.807, 2.05) is 38.1 Å². The molecule has 34 heavy (non-hydrogen) atoms. The molecule has 1 amide bonds. The van der Waals surface area contributed by atoms with Crippen LogP contribution in [0.4, 0.5) is 22.0 Å². The maximum atomic E-state index is 13.2. The van der Waals surface area contributed by atoms with Gasteiger partial charge in [0.05, 0.1) is 11.0 Å². The van der Waals surface area contributed by atoms with Crippen molar-refractivity contribution in [3.05, 3.63) is 41.5 Å². The third kappa shape index (κ3) is 7.49. The van der Waals surface area contributed by atoms with Crippen LogP contribution in [0.3, 0.4) is 0 Å². The number of rotatable bonds is 9. The number of hydrogen-bond donors (Lipinski definition) is 0. The van der Waals surface area contributed by atoms with E-state index in [-0.39, 0.29) is 11.0 Å². The molecule has 2 rings (SSSR count). The summed E-state index contributed by atoms with van der Waals surface area (Å²) in [5.74, 6) is -0.779. The first kappa shape index (κ1) is 28.2. The zero-order valence-electron chi connectivity index (χ0n) is 19.8. The van der Waals surface area contributed by atoms with E-state index in [2.05, 4.69) is 4.74 Å². The molecule has 5 nitrogen and oxygen atoms in total. The Balaban J connectivity index is 2.00. The fourth-order valence-electron chi connectivity index (χ4n) is 3.51. The number of amides is 1. The summed E-state index contributed by atoms with van der Waals surface area (Å²) in [6.07, 6.45) is -8.04. The molecule has 1 heterocycles. The zero-order chi connectivity index (χ0) is 25.7. The summed E-state index contributed by atoms with van der Waals surface area (Å²) in [4.78, 5) is 14.4. The van der Waals surface area contributed by atoms with E-state index < -0.39 is 34.9 Å². The van der Waals surface area contributed by atoms with Gasteiger partial charge >= 0.3 is 12.3 Å². The lowest BCUT2D eigenvalue weighted by atomic mass is 9.82. The largest absolute Gasteiger partial charge is 0.499 e. The Labute approximate surface area is 199 Å². The number of alkyl halides is 5. The number of halogens is 5. The number of likely N-dealkylation sites (tertiary alicyclic amines) is 1. The first-order chi connectivity index (χ1) is 15.7. The summed E-state index contributed by atoms with van der Waals surface area (Å²) in [6.45, 7) is 9.88. The summed E-state index contributed by atoms with van der Waals surface area (Å²) >= 11 is 0. The minimum absolute atomic E-state index is 0.0402. The van der Waals surface area contributed by atoms with Crippen molar-refractivity contribution in [1.82, 2.24) is 9.21 Å². The minimum Gasteiger partial charge on any atom is -0.426 e. The van der Waals surface area contributed by atoms with Crippen molar-refractivity contribution >= 4 is 16.9 Å². The van der Waals surface area contributed by atoms with Crippen LogP contribution in [0.1, 0.15) is 50.9 Å². The van der Waals surface area contributed by atoms with Crippen LogP contribution in [0.15, 0.2) is 35.9 Å². The number of allylic oxidation sites excluding steroid dienone is 1. The van der Waals surface area contributed by atoms with Crippen molar-refractivity contribution in [2.75, 3.05) is 31.9 Å². The Bertz CT molecular complexity index is 908. The fourth-order valence-corrected chi connectivity index (χ4v) is 5.10. The predicted octanol–water partition coefficient (Wildman–Crippen LogP) is 5.41. The van der Waals surface area contributed by atoms with E-state index in [1.54, 1.807) is 0 Å². The maximum Gasteiger partial charge on any atom is 0.499 e. The van der Waals surface area contributed by atoms with Crippen molar-refractivity contribution in [1.29, 1.82) is 0 Å². The lowest BCUT2D eigenvalue weighted by Gasteiger charge is -2.40. The number of likely N-dealkylation sites (N-methyl/N-ethyl adjacent to an activating group) is 1. The van der Waals surface area contributed by atoms with E-state index in [4.69, 9.17) is 0 Å². The second kappa shape index (κ2) is 11.2. The highest BCUT2D eigenvalue weighted by molar-refractivity contribution is 7.82. The molecule has 192 valence electrons. The molecular formula is C23H31F5N2O3S. The third-order valence-electron chi connectivity index (χ3n) is 5.73. The van der Waals surface area contributed by atoms with Gasteiger partial charge in [-0.25, -0.2) is 8.51 Å². The monoisotopic (exact) mass is 510 g/mol. The van der Waals surface area contributed by atoms with Gasteiger partial charge in [-0.15, -0.1) is 0 Å². The van der Waals surface area contributed by atoms with Gasteiger partial charge in [-0.05, 0) is 50.3 Å². The molecule has 0 N–H and O–H groups in total. The number of carbonyl (C=O) groups is 1. The van der Waals surface area contributed by atoms with Gasteiger partial charge in [-0.2, -0.15) is 22.0 Å². The maximum absolute atomic E-state index is 13.2. The van der Waals surface area contributed by atoms with Crippen LogP contribution in [0.5, 0.6) is 5.75 Å². The Kier molecular flexibility index (Phi) is 9.26. The second-order valence-corrected chi connectivity index (χ2v) is 10.4. The summed E-state index contributed by atoms with van der Waals surface area (Å²) in [5, 5.41) is 0. The quantitative estimate of drug-likeness (QED) is 0.330. The van der Waals surface area contributed by atoms with Gasteiger partial charge in [-0.1, -0.05) is 31.6 Å². The zero-order valence-corrected chi connectivity index (χ0v) is 20.6. The van der Waals surface area contributed by atoms with E-state index in [0.29, 0.717) is 44.8 Å². The molecule has 0 aromatic heterocycles. The van der Waals surface area contributed by atoms with Gasteiger partial charge in [0.1, 0.15) is 5.75 Å². The van der Waals surface area contributed by atoms with Crippen LogP contribution >= 0.6 is 0 Å². The topological polar surface area (TPSA) is 49.9 Å². The van der Waals surface area contributed by atoms with Gasteiger partial charge in [0, 0.05) is 37.5 Å². The molecular weight excluding hydrogens is 479 g/mol. The first-order valence-electron chi connectivity index (χ1n) is 11.0. The number of carbonyl (C=O) groups excluding carboxylic acids is 1. The normalized spacial score (nSPS) is 17.4. The molecule has 0 saturated carbocycles. The molecule has 1 saturated heterocycles. The van der Waals surface area contributed by atoms with Crippen molar-refractivity contribution in [3.63, 3.8) is 0 Å². The Hall–Kier alpha value is -2.01. The lowest BCUT2D eigenvalue weighted by Crippen LogP contribution is -2.45. The van der Waals surface area contributed by atoms with E-state index >= 15 is 0 Å². The number of nitrogens with zero attached hydrogens (tertiary/aromatic N) is 2. The molecule has 11 heteroatoms. The van der Waals surface area contributed by atoms with Crippen molar-refractivity contribution < 1.29 is 35.7 Å². The molecule has 0 spiro atoms. The molecule has 0 aliphatic carbocycles. The molecule has 1 fully saturated rings. The van der Waals surface area contributed by atoms with E-state index in [9.17, 15) is 31.0 Å². The molecule has 1 aromatic rings. The number of hydrogen-bond acceptors (Lipinski definition) is 3. The number of benzene rings is 1. The van der Waals surface area contributed by atoms with Crippen LogP contribution in [-0.2, 0) is 11.0 Å². The highest BCUT2D eigenvalue weighted by Crippen LogP contribution is 2.38. The Morgan fingerprint density at radius 2 is 1.82 bits per heavy atom. The van der Waals surface area contributed by atoms with Crippen LogP contribution in [0.2, 0.25) is 0 Å². The average Bonchev–Trinajstić information content (AvgIpc) is 2.73. The highest BCUT2D eigenvalue weighted by Gasteiger charge is 2.61.